The second-order valence-electron chi connectivity index (χ2n) is 8.17. The number of carbonyl (C=O) groups is 1. The quantitative estimate of drug-likeness (QED) is 0.821. The third-order valence-corrected chi connectivity index (χ3v) is 6.58. The van der Waals surface area contributed by atoms with Gasteiger partial charge >= 0.3 is 0 Å². The second kappa shape index (κ2) is 8.85. The number of hydrogen-bond donors (Lipinski definition) is 1. The molecule has 4 rings (SSSR count). The maximum Gasteiger partial charge on any atom is 0.222 e. The van der Waals surface area contributed by atoms with Crippen LogP contribution in [0.4, 0.5) is 0 Å². The van der Waals surface area contributed by atoms with Crippen molar-refractivity contribution in [3.05, 3.63) is 34.5 Å². The van der Waals surface area contributed by atoms with Crippen molar-refractivity contribution >= 4 is 28.4 Å². The number of halogens is 1. The first-order valence-electron chi connectivity index (χ1n) is 10.4. The van der Waals surface area contributed by atoms with Crippen LogP contribution in [0.25, 0.3) is 10.9 Å². The molecule has 1 N–H and O–H groups in total. The molecule has 0 bridgehead atoms. The molecule has 3 heterocycles. The van der Waals surface area contributed by atoms with E-state index in [1.54, 1.807) is 0 Å². The number of fused-ring (bicyclic) bond motifs is 1. The highest BCUT2D eigenvalue weighted by Crippen LogP contribution is 2.28. The van der Waals surface area contributed by atoms with E-state index in [9.17, 15) is 4.79 Å². The van der Waals surface area contributed by atoms with E-state index in [2.05, 4.69) is 22.9 Å². The number of nitrogens with zero attached hydrogens (tertiary/aromatic N) is 2. The summed E-state index contributed by atoms with van der Waals surface area (Å²) in [5.74, 6) is 0.974. The monoisotopic (exact) mass is 403 g/mol. The Morgan fingerprint density at radius 2 is 1.96 bits per heavy atom. The number of carbonyl (C=O) groups excluding carboxylic acids is 1. The van der Waals surface area contributed by atoms with Crippen molar-refractivity contribution in [2.75, 3.05) is 39.4 Å². The summed E-state index contributed by atoms with van der Waals surface area (Å²) in [6.07, 6.45) is 4.07. The zero-order chi connectivity index (χ0) is 19.5. The van der Waals surface area contributed by atoms with Gasteiger partial charge in [0.1, 0.15) is 0 Å². The molecule has 0 atom stereocenters. The summed E-state index contributed by atoms with van der Waals surface area (Å²) in [5.41, 5.74) is 3.75. The fourth-order valence-electron chi connectivity index (χ4n) is 4.47. The molecule has 0 spiro atoms. The molecular formula is C22H30ClN3O2. The number of benzene rings is 1. The first kappa shape index (κ1) is 19.7. The summed E-state index contributed by atoms with van der Waals surface area (Å²) in [5, 5.41) is 2.01. The van der Waals surface area contributed by atoms with Crippen LogP contribution in [0.5, 0.6) is 0 Å². The molecule has 2 saturated heterocycles. The third kappa shape index (κ3) is 4.53. The van der Waals surface area contributed by atoms with Gasteiger partial charge in [0.05, 0.1) is 13.2 Å². The minimum atomic E-state index is 0.304. The summed E-state index contributed by atoms with van der Waals surface area (Å²) in [7, 11) is 0. The third-order valence-electron chi connectivity index (χ3n) is 6.34. The smallest absolute Gasteiger partial charge is 0.222 e. The largest absolute Gasteiger partial charge is 0.378 e. The van der Waals surface area contributed by atoms with Gasteiger partial charge < -0.3 is 14.6 Å². The highest BCUT2D eigenvalue weighted by molar-refractivity contribution is 6.31. The Labute approximate surface area is 172 Å². The molecule has 0 aliphatic carbocycles. The minimum absolute atomic E-state index is 0.304. The van der Waals surface area contributed by atoms with E-state index in [0.29, 0.717) is 31.5 Å². The number of rotatable bonds is 5. The Balaban J connectivity index is 1.25. The highest BCUT2D eigenvalue weighted by atomic mass is 35.5. The normalized spacial score (nSPS) is 19.4. The first-order valence-corrected chi connectivity index (χ1v) is 10.8. The predicted octanol–water partition coefficient (Wildman–Crippen LogP) is 3.98. The average Bonchev–Trinajstić information content (AvgIpc) is 3.03. The lowest BCUT2D eigenvalue weighted by atomic mass is 9.91. The Morgan fingerprint density at radius 1 is 1.21 bits per heavy atom. The van der Waals surface area contributed by atoms with E-state index in [4.69, 9.17) is 16.3 Å². The fourth-order valence-corrected chi connectivity index (χ4v) is 4.64. The van der Waals surface area contributed by atoms with Crippen LogP contribution in [0, 0.1) is 12.8 Å². The molecular weight excluding hydrogens is 374 g/mol. The van der Waals surface area contributed by atoms with Crippen LogP contribution in [0.1, 0.15) is 36.9 Å². The van der Waals surface area contributed by atoms with E-state index in [0.717, 1.165) is 49.7 Å². The van der Waals surface area contributed by atoms with Crippen LogP contribution in [0.2, 0.25) is 5.02 Å². The number of aromatic amines is 1. The van der Waals surface area contributed by atoms with E-state index >= 15 is 0 Å². The molecule has 1 aromatic carbocycles. The van der Waals surface area contributed by atoms with Gasteiger partial charge in [-0.3, -0.25) is 9.69 Å². The van der Waals surface area contributed by atoms with E-state index in [-0.39, 0.29) is 0 Å². The van der Waals surface area contributed by atoms with E-state index in [1.165, 1.54) is 29.5 Å². The average molecular weight is 404 g/mol. The Bertz CT molecular complexity index is 821. The van der Waals surface area contributed by atoms with Gasteiger partial charge in [0, 0.05) is 47.7 Å². The second-order valence-corrected chi connectivity index (χ2v) is 8.61. The van der Waals surface area contributed by atoms with Crippen molar-refractivity contribution in [2.45, 2.75) is 39.2 Å². The number of morpholine rings is 1. The Hall–Kier alpha value is -1.56. The first-order chi connectivity index (χ1) is 13.6. The summed E-state index contributed by atoms with van der Waals surface area (Å²) in [6, 6.07) is 6.04. The number of piperidine rings is 1. The molecule has 0 radical (unpaired) electrons. The predicted molar refractivity (Wildman–Crippen MR) is 113 cm³/mol. The molecule has 152 valence electrons. The molecule has 1 amide bonds. The molecule has 2 aliphatic heterocycles. The van der Waals surface area contributed by atoms with Crippen molar-refractivity contribution in [2.24, 2.45) is 5.92 Å². The van der Waals surface area contributed by atoms with Gasteiger partial charge in [-0.15, -0.1) is 0 Å². The van der Waals surface area contributed by atoms with Crippen molar-refractivity contribution in [3.8, 4) is 0 Å². The van der Waals surface area contributed by atoms with Gasteiger partial charge in [0.15, 0.2) is 0 Å². The van der Waals surface area contributed by atoms with Gasteiger partial charge in [-0.25, -0.2) is 0 Å². The summed E-state index contributed by atoms with van der Waals surface area (Å²) in [4.78, 5) is 20.4. The molecule has 6 heteroatoms. The fraction of sp³-hybridized carbons (Fsp3) is 0.591. The van der Waals surface area contributed by atoms with Crippen LogP contribution in [0.3, 0.4) is 0 Å². The molecule has 0 unspecified atom stereocenters. The lowest BCUT2D eigenvalue weighted by Gasteiger charge is -2.32. The van der Waals surface area contributed by atoms with Gasteiger partial charge in [-0.1, -0.05) is 11.6 Å². The molecule has 1 aromatic heterocycles. The summed E-state index contributed by atoms with van der Waals surface area (Å²) < 4.78 is 5.33. The van der Waals surface area contributed by atoms with Crippen molar-refractivity contribution < 1.29 is 9.53 Å². The van der Waals surface area contributed by atoms with Crippen molar-refractivity contribution in [1.29, 1.82) is 0 Å². The molecule has 0 saturated carbocycles. The number of H-pyrrole nitrogens is 1. The van der Waals surface area contributed by atoms with Crippen LogP contribution in [-0.4, -0.2) is 60.1 Å². The van der Waals surface area contributed by atoms with Crippen LogP contribution >= 0.6 is 11.6 Å². The van der Waals surface area contributed by atoms with Gasteiger partial charge in [0.25, 0.3) is 0 Å². The number of ether oxygens (including phenoxy) is 1. The zero-order valence-electron chi connectivity index (χ0n) is 16.7. The maximum absolute atomic E-state index is 12.3. The maximum atomic E-state index is 12.3. The number of amides is 1. The van der Waals surface area contributed by atoms with E-state index < -0.39 is 0 Å². The van der Waals surface area contributed by atoms with Gasteiger partial charge in [-0.2, -0.15) is 0 Å². The number of nitrogens with one attached hydrogen (secondary N) is 1. The van der Waals surface area contributed by atoms with Crippen LogP contribution in [-0.2, 0) is 16.1 Å². The summed E-state index contributed by atoms with van der Waals surface area (Å²) >= 11 is 6.15. The number of hydrogen-bond acceptors (Lipinski definition) is 3. The standard InChI is InChI=1S/C22H30ClN3O2/c1-16-19-14-18(23)3-4-20(19)24-21(16)15-25-8-6-17(7-9-25)2-5-22(27)26-10-12-28-13-11-26/h3-4,14,17,24H,2,5-13,15H2,1H3. The molecule has 2 aliphatic rings. The van der Waals surface area contributed by atoms with Gasteiger partial charge in [0.2, 0.25) is 5.91 Å². The number of aromatic nitrogens is 1. The zero-order valence-corrected chi connectivity index (χ0v) is 17.4. The summed E-state index contributed by atoms with van der Waals surface area (Å²) in [6.45, 7) is 8.22. The van der Waals surface area contributed by atoms with Crippen molar-refractivity contribution in [1.82, 2.24) is 14.8 Å². The van der Waals surface area contributed by atoms with E-state index in [1.807, 2.05) is 17.0 Å². The number of aryl methyl sites for hydroxylation is 1. The molecule has 5 nitrogen and oxygen atoms in total. The van der Waals surface area contributed by atoms with Crippen LogP contribution in [0.15, 0.2) is 18.2 Å². The highest BCUT2D eigenvalue weighted by Gasteiger charge is 2.23. The number of likely N-dealkylation sites (tertiary alicyclic amines) is 1. The lowest BCUT2D eigenvalue weighted by Crippen LogP contribution is -2.41. The van der Waals surface area contributed by atoms with Gasteiger partial charge in [-0.05, 0) is 69.0 Å². The molecule has 28 heavy (non-hydrogen) atoms. The Kier molecular flexibility index (Phi) is 6.24. The topological polar surface area (TPSA) is 48.6 Å². The SMILES string of the molecule is Cc1c(CN2CCC(CCC(=O)N3CCOCC3)CC2)[nH]c2ccc(Cl)cc12. The minimum Gasteiger partial charge on any atom is -0.378 e. The van der Waals surface area contributed by atoms with Crippen LogP contribution < -0.4 is 0 Å². The lowest BCUT2D eigenvalue weighted by molar-refractivity contribution is -0.135. The molecule has 2 fully saturated rings. The van der Waals surface area contributed by atoms with Crippen molar-refractivity contribution in [3.63, 3.8) is 0 Å². The molecule has 2 aromatic rings. The Morgan fingerprint density at radius 3 is 2.71 bits per heavy atom.